The molecular formula is C7H10N2O3. The minimum Gasteiger partial charge on any atom is -0.481 e. The maximum atomic E-state index is 10.1. The number of nitrogens with zero attached hydrogens (tertiary/aromatic N) is 1. The zero-order valence-corrected chi connectivity index (χ0v) is 6.40. The molecule has 66 valence electrons. The normalized spacial score (nSPS) is 12.8. The first kappa shape index (κ1) is 8.73. The Morgan fingerprint density at radius 3 is 3.00 bits per heavy atom. The molecule has 0 fully saturated rings. The number of carbonyl (C=O) groups is 1. The van der Waals surface area contributed by atoms with Gasteiger partial charge in [-0.25, -0.2) is 0 Å². The molecule has 1 atom stereocenters. The number of carboxylic acid groups (broad SMARTS) is 1. The van der Waals surface area contributed by atoms with Gasteiger partial charge in [-0.15, -0.1) is 0 Å². The van der Waals surface area contributed by atoms with Gasteiger partial charge in [0.15, 0.2) is 0 Å². The molecule has 0 aromatic carbocycles. The number of aliphatic hydroxyl groups excluding tert-OH is 1. The van der Waals surface area contributed by atoms with E-state index in [1.165, 1.54) is 6.20 Å². The lowest BCUT2D eigenvalue weighted by molar-refractivity contribution is -0.137. The molecule has 1 aromatic heterocycles. The van der Waals surface area contributed by atoms with Gasteiger partial charge >= 0.3 is 5.97 Å². The zero-order valence-electron chi connectivity index (χ0n) is 6.40. The summed E-state index contributed by atoms with van der Waals surface area (Å²) in [7, 11) is 0. The van der Waals surface area contributed by atoms with E-state index >= 15 is 0 Å². The Morgan fingerprint density at radius 1 is 1.75 bits per heavy atom. The van der Waals surface area contributed by atoms with E-state index in [2.05, 4.69) is 10.2 Å². The van der Waals surface area contributed by atoms with Gasteiger partial charge in [0, 0.05) is 12.6 Å². The Balaban J connectivity index is 2.39. The van der Waals surface area contributed by atoms with E-state index in [0.29, 0.717) is 5.69 Å². The fourth-order valence-corrected chi connectivity index (χ4v) is 0.868. The van der Waals surface area contributed by atoms with E-state index in [1.54, 1.807) is 6.07 Å². The van der Waals surface area contributed by atoms with Crippen LogP contribution in [0.25, 0.3) is 0 Å². The molecule has 0 aliphatic carbocycles. The number of aromatic amines is 1. The first-order valence-corrected chi connectivity index (χ1v) is 3.59. The third-order valence-corrected chi connectivity index (χ3v) is 1.51. The number of H-pyrrole nitrogens is 1. The van der Waals surface area contributed by atoms with E-state index in [0.717, 1.165) is 0 Å². The maximum Gasteiger partial charge on any atom is 0.303 e. The Bertz CT molecular complexity index is 245. The van der Waals surface area contributed by atoms with Gasteiger partial charge in [0.25, 0.3) is 0 Å². The van der Waals surface area contributed by atoms with E-state index < -0.39 is 12.1 Å². The fraction of sp³-hybridized carbons (Fsp3) is 0.429. The number of hydrogen-bond donors (Lipinski definition) is 3. The van der Waals surface area contributed by atoms with Crippen molar-refractivity contribution >= 4 is 5.97 Å². The van der Waals surface area contributed by atoms with Crippen molar-refractivity contribution in [3.63, 3.8) is 0 Å². The van der Waals surface area contributed by atoms with Crippen LogP contribution in [0.4, 0.5) is 0 Å². The minimum absolute atomic E-state index is 0.0415. The van der Waals surface area contributed by atoms with Crippen LogP contribution >= 0.6 is 0 Å². The third-order valence-electron chi connectivity index (χ3n) is 1.51. The molecule has 1 aromatic rings. The Kier molecular flexibility index (Phi) is 2.82. The maximum absolute atomic E-state index is 10.1. The van der Waals surface area contributed by atoms with Crippen molar-refractivity contribution in [2.75, 3.05) is 0 Å². The molecule has 1 heterocycles. The van der Waals surface area contributed by atoms with Crippen LogP contribution in [-0.2, 0) is 4.79 Å². The lowest BCUT2D eigenvalue weighted by Crippen LogP contribution is -2.02. The molecule has 5 heteroatoms. The first-order chi connectivity index (χ1) is 5.70. The minimum atomic E-state index is -0.909. The van der Waals surface area contributed by atoms with Gasteiger partial charge in [-0.3, -0.25) is 9.89 Å². The van der Waals surface area contributed by atoms with Crippen LogP contribution in [0.1, 0.15) is 24.6 Å². The van der Waals surface area contributed by atoms with Gasteiger partial charge in [-0.1, -0.05) is 0 Å². The number of rotatable bonds is 4. The molecule has 1 rings (SSSR count). The summed E-state index contributed by atoms with van der Waals surface area (Å²) in [4.78, 5) is 10.1. The molecule has 0 radical (unpaired) electrons. The molecule has 0 bridgehead atoms. The highest BCUT2D eigenvalue weighted by atomic mass is 16.4. The van der Waals surface area contributed by atoms with Crippen LogP contribution in [0.3, 0.4) is 0 Å². The van der Waals surface area contributed by atoms with Crippen LogP contribution in [0.5, 0.6) is 0 Å². The molecule has 0 amide bonds. The number of aromatic nitrogens is 2. The predicted octanol–water partition coefficient (Wildman–Crippen LogP) is 0.308. The Hall–Kier alpha value is -1.36. The van der Waals surface area contributed by atoms with Crippen molar-refractivity contribution < 1.29 is 15.0 Å². The average molecular weight is 170 g/mol. The Morgan fingerprint density at radius 2 is 2.50 bits per heavy atom. The van der Waals surface area contributed by atoms with Crippen molar-refractivity contribution in [3.8, 4) is 0 Å². The van der Waals surface area contributed by atoms with E-state index in [9.17, 15) is 9.90 Å². The highest BCUT2D eigenvalue weighted by Crippen LogP contribution is 2.14. The summed E-state index contributed by atoms with van der Waals surface area (Å²) in [5.74, 6) is -0.909. The van der Waals surface area contributed by atoms with E-state index in [-0.39, 0.29) is 12.8 Å². The highest BCUT2D eigenvalue weighted by molar-refractivity contribution is 5.66. The van der Waals surface area contributed by atoms with E-state index in [1.807, 2.05) is 0 Å². The van der Waals surface area contributed by atoms with Gasteiger partial charge in [0.1, 0.15) is 0 Å². The zero-order chi connectivity index (χ0) is 8.97. The van der Waals surface area contributed by atoms with Crippen molar-refractivity contribution in [2.45, 2.75) is 18.9 Å². The summed E-state index contributed by atoms with van der Waals surface area (Å²) in [5, 5.41) is 23.9. The van der Waals surface area contributed by atoms with Crippen molar-refractivity contribution in [2.24, 2.45) is 0 Å². The SMILES string of the molecule is O=C(O)CCC(O)c1ccn[nH]1. The standard InChI is InChI=1S/C7H10N2O3/c10-6(1-2-7(11)12)5-3-4-8-9-5/h3-4,6,10H,1-2H2,(H,8,9)(H,11,12). The fourth-order valence-electron chi connectivity index (χ4n) is 0.868. The Labute approximate surface area is 69.0 Å². The summed E-state index contributed by atoms with van der Waals surface area (Å²) in [6, 6.07) is 1.62. The largest absolute Gasteiger partial charge is 0.481 e. The predicted molar refractivity (Wildman–Crippen MR) is 40.4 cm³/mol. The monoisotopic (exact) mass is 170 g/mol. The van der Waals surface area contributed by atoms with Gasteiger partial charge in [-0.2, -0.15) is 5.10 Å². The van der Waals surface area contributed by atoms with Crippen LogP contribution in [0.15, 0.2) is 12.3 Å². The lowest BCUT2D eigenvalue weighted by atomic mass is 10.1. The summed E-state index contributed by atoms with van der Waals surface area (Å²) < 4.78 is 0. The van der Waals surface area contributed by atoms with Gasteiger partial charge in [0.2, 0.25) is 0 Å². The number of aliphatic carboxylic acids is 1. The second-order valence-electron chi connectivity index (χ2n) is 2.46. The molecule has 12 heavy (non-hydrogen) atoms. The molecule has 3 N–H and O–H groups in total. The quantitative estimate of drug-likeness (QED) is 0.606. The summed E-state index contributed by atoms with van der Waals surface area (Å²) in [6.07, 6.45) is 0.917. The van der Waals surface area contributed by atoms with Gasteiger partial charge in [0.05, 0.1) is 11.8 Å². The second kappa shape index (κ2) is 3.87. The van der Waals surface area contributed by atoms with Crippen LogP contribution in [0.2, 0.25) is 0 Å². The van der Waals surface area contributed by atoms with Crippen LogP contribution in [0, 0.1) is 0 Å². The highest BCUT2D eigenvalue weighted by Gasteiger charge is 2.10. The average Bonchev–Trinajstić information content (AvgIpc) is 2.51. The lowest BCUT2D eigenvalue weighted by Gasteiger charge is -2.04. The number of hydrogen-bond acceptors (Lipinski definition) is 3. The smallest absolute Gasteiger partial charge is 0.303 e. The third kappa shape index (κ3) is 2.35. The molecule has 1 unspecified atom stereocenters. The van der Waals surface area contributed by atoms with Gasteiger partial charge in [-0.05, 0) is 12.5 Å². The van der Waals surface area contributed by atoms with Crippen molar-refractivity contribution in [3.05, 3.63) is 18.0 Å². The van der Waals surface area contributed by atoms with E-state index in [4.69, 9.17) is 5.11 Å². The number of nitrogens with one attached hydrogen (secondary N) is 1. The number of carboxylic acids is 1. The molecular weight excluding hydrogens is 160 g/mol. The summed E-state index contributed by atoms with van der Waals surface area (Å²) in [5.41, 5.74) is 0.552. The van der Waals surface area contributed by atoms with Crippen LogP contribution < -0.4 is 0 Å². The molecule has 0 saturated heterocycles. The topological polar surface area (TPSA) is 86.2 Å². The first-order valence-electron chi connectivity index (χ1n) is 3.59. The molecule has 0 aliphatic heterocycles. The molecule has 0 saturated carbocycles. The molecule has 0 aliphatic rings. The summed E-state index contributed by atoms with van der Waals surface area (Å²) >= 11 is 0. The summed E-state index contributed by atoms with van der Waals surface area (Å²) in [6.45, 7) is 0. The molecule has 0 spiro atoms. The number of aliphatic hydroxyl groups is 1. The van der Waals surface area contributed by atoms with Crippen molar-refractivity contribution in [1.29, 1.82) is 0 Å². The van der Waals surface area contributed by atoms with Crippen molar-refractivity contribution in [1.82, 2.24) is 10.2 Å². The molecule has 5 nitrogen and oxygen atoms in total. The van der Waals surface area contributed by atoms with Gasteiger partial charge < -0.3 is 10.2 Å². The van der Waals surface area contributed by atoms with Crippen LogP contribution in [-0.4, -0.2) is 26.4 Å². The second-order valence-corrected chi connectivity index (χ2v) is 2.46.